The van der Waals surface area contributed by atoms with Crippen LogP contribution >= 0.6 is 0 Å². The van der Waals surface area contributed by atoms with E-state index in [0.29, 0.717) is 12.0 Å². The normalized spacial score (nSPS) is 15.5. The van der Waals surface area contributed by atoms with E-state index < -0.39 is 60.4 Å². The number of nitrogens with one attached hydrogen (secondary N) is 3. The second kappa shape index (κ2) is 13.5. The summed E-state index contributed by atoms with van der Waals surface area (Å²) in [6, 6.07) is 1.36. The van der Waals surface area contributed by atoms with E-state index in [4.69, 9.17) is 5.73 Å². The summed E-state index contributed by atoms with van der Waals surface area (Å²) in [6.45, 7) is 6.11. The minimum Gasteiger partial charge on any atom is -0.508 e. The van der Waals surface area contributed by atoms with Gasteiger partial charge in [-0.25, -0.2) is 4.79 Å². The fraction of sp³-hybridized carbons (Fsp3) is 0.565. The molecule has 0 spiro atoms. The third-order valence-corrected chi connectivity index (χ3v) is 5.61. The predicted molar refractivity (Wildman–Crippen MR) is 125 cm³/mol. The molecule has 34 heavy (non-hydrogen) atoms. The van der Waals surface area contributed by atoms with Gasteiger partial charge in [0.25, 0.3) is 0 Å². The number of carbonyl (C=O) groups is 4. The lowest BCUT2D eigenvalue weighted by Gasteiger charge is -2.26. The smallest absolute Gasteiger partial charge is 0.326 e. The second-order valence-corrected chi connectivity index (χ2v) is 8.66. The summed E-state index contributed by atoms with van der Waals surface area (Å²) in [5, 5.41) is 35.7. The van der Waals surface area contributed by atoms with Gasteiger partial charge < -0.3 is 37.0 Å². The van der Waals surface area contributed by atoms with E-state index in [1.54, 1.807) is 32.9 Å². The number of benzene rings is 1. The molecule has 0 aliphatic heterocycles. The van der Waals surface area contributed by atoms with Crippen LogP contribution in [0.25, 0.3) is 0 Å². The Kier molecular flexibility index (Phi) is 11.5. The van der Waals surface area contributed by atoms with Crippen LogP contribution < -0.4 is 21.7 Å². The van der Waals surface area contributed by atoms with Crippen molar-refractivity contribution >= 4 is 23.7 Å². The van der Waals surface area contributed by atoms with Crippen LogP contribution in [0.5, 0.6) is 5.75 Å². The Morgan fingerprint density at radius 2 is 1.44 bits per heavy atom. The summed E-state index contributed by atoms with van der Waals surface area (Å²) in [4.78, 5) is 49.5. The molecule has 0 fully saturated rings. The van der Waals surface area contributed by atoms with Gasteiger partial charge in [0.1, 0.15) is 23.9 Å². The Morgan fingerprint density at radius 3 is 1.91 bits per heavy atom. The van der Waals surface area contributed by atoms with Crippen LogP contribution in [0, 0.1) is 11.8 Å². The van der Waals surface area contributed by atoms with E-state index in [9.17, 15) is 34.5 Å². The highest BCUT2D eigenvalue weighted by molar-refractivity contribution is 5.94. The topological polar surface area (TPSA) is 191 Å². The molecule has 1 rings (SSSR count). The number of amides is 3. The zero-order chi connectivity index (χ0) is 26.0. The van der Waals surface area contributed by atoms with Gasteiger partial charge in [0, 0.05) is 6.42 Å². The maximum atomic E-state index is 13.0. The number of phenolic OH excluding ortho intramolecular Hbond substituents is 1. The second-order valence-electron chi connectivity index (χ2n) is 8.66. The van der Waals surface area contributed by atoms with E-state index in [0.717, 1.165) is 0 Å². The number of nitrogens with two attached hydrogens (primary N) is 1. The molecule has 0 radical (unpaired) electrons. The lowest BCUT2D eigenvalue weighted by atomic mass is 9.98. The lowest BCUT2D eigenvalue weighted by molar-refractivity contribution is -0.143. The standard InChI is InChI=1S/C23H36N4O7/c1-5-13(4)18(24)22(32)25-16(10-14-6-8-15(29)9-7-14)20(30)26-17(11-28)21(31)27-19(12(2)3)23(33)34/h6-9,12-13,16-19,28-29H,5,10-11,24H2,1-4H3,(H,25,32)(H,26,30)(H,27,31)(H,33,34). The number of hydrogen-bond donors (Lipinski definition) is 7. The van der Waals surface area contributed by atoms with Crippen molar-refractivity contribution in [1.29, 1.82) is 0 Å². The van der Waals surface area contributed by atoms with Crippen molar-refractivity contribution in [3.8, 4) is 5.75 Å². The number of carboxylic acid groups (broad SMARTS) is 1. The van der Waals surface area contributed by atoms with Crippen LogP contribution in [-0.2, 0) is 25.6 Å². The van der Waals surface area contributed by atoms with E-state index >= 15 is 0 Å². The van der Waals surface area contributed by atoms with Crippen LogP contribution in [0.2, 0.25) is 0 Å². The first-order valence-corrected chi connectivity index (χ1v) is 11.2. The first-order chi connectivity index (χ1) is 15.9. The van der Waals surface area contributed by atoms with E-state index in [2.05, 4.69) is 16.0 Å². The summed E-state index contributed by atoms with van der Waals surface area (Å²) in [5.74, 6) is -3.97. The maximum Gasteiger partial charge on any atom is 0.326 e. The lowest BCUT2D eigenvalue weighted by Crippen LogP contribution is -2.59. The van der Waals surface area contributed by atoms with Crippen molar-refractivity contribution in [3.63, 3.8) is 0 Å². The van der Waals surface area contributed by atoms with Gasteiger partial charge in [-0.3, -0.25) is 14.4 Å². The van der Waals surface area contributed by atoms with Gasteiger partial charge in [-0.1, -0.05) is 46.2 Å². The van der Waals surface area contributed by atoms with Gasteiger partial charge in [0.2, 0.25) is 17.7 Å². The van der Waals surface area contributed by atoms with Crippen molar-refractivity contribution in [2.45, 2.75) is 64.7 Å². The molecule has 5 atom stereocenters. The zero-order valence-electron chi connectivity index (χ0n) is 19.9. The SMILES string of the molecule is CCC(C)C(N)C(=O)NC(Cc1ccc(O)cc1)C(=O)NC(CO)C(=O)NC(C(=O)O)C(C)C. The number of aliphatic carboxylic acids is 1. The molecule has 3 amide bonds. The van der Waals surface area contributed by atoms with Gasteiger partial charge in [-0.15, -0.1) is 0 Å². The maximum absolute atomic E-state index is 13.0. The summed E-state index contributed by atoms with van der Waals surface area (Å²) in [6.07, 6.45) is 0.672. The van der Waals surface area contributed by atoms with Crippen LogP contribution in [-0.4, -0.2) is 69.8 Å². The van der Waals surface area contributed by atoms with Crippen molar-refractivity contribution in [2.24, 2.45) is 17.6 Å². The number of phenols is 1. The Bertz CT molecular complexity index is 844. The first-order valence-electron chi connectivity index (χ1n) is 11.2. The van der Waals surface area contributed by atoms with Gasteiger partial charge >= 0.3 is 5.97 Å². The van der Waals surface area contributed by atoms with Crippen LogP contribution in [0.4, 0.5) is 0 Å². The molecular weight excluding hydrogens is 444 g/mol. The van der Waals surface area contributed by atoms with Crippen molar-refractivity contribution in [3.05, 3.63) is 29.8 Å². The summed E-state index contributed by atoms with van der Waals surface area (Å²) < 4.78 is 0. The molecule has 11 nitrogen and oxygen atoms in total. The zero-order valence-corrected chi connectivity index (χ0v) is 19.9. The van der Waals surface area contributed by atoms with Crippen molar-refractivity contribution in [1.82, 2.24) is 16.0 Å². The van der Waals surface area contributed by atoms with Gasteiger partial charge in [0.15, 0.2) is 0 Å². The molecule has 0 aromatic heterocycles. The summed E-state index contributed by atoms with van der Waals surface area (Å²) in [5.41, 5.74) is 6.60. The number of aliphatic hydroxyl groups excluding tert-OH is 1. The molecule has 190 valence electrons. The number of carbonyl (C=O) groups excluding carboxylic acids is 3. The quantitative estimate of drug-likeness (QED) is 0.196. The predicted octanol–water partition coefficient (Wildman–Crippen LogP) is -0.505. The number of hydrogen-bond acceptors (Lipinski definition) is 7. The fourth-order valence-electron chi connectivity index (χ4n) is 3.09. The molecule has 0 aliphatic rings. The minimum atomic E-state index is -1.43. The van der Waals surface area contributed by atoms with Crippen LogP contribution in [0.3, 0.4) is 0 Å². The summed E-state index contributed by atoms with van der Waals surface area (Å²) in [7, 11) is 0. The molecule has 8 N–H and O–H groups in total. The molecule has 0 saturated heterocycles. The van der Waals surface area contributed by atoms with Crippen molar-refractivity contribution < 1.29 is 34.5 Å². The molecule has 0 aliphatic carbocycles. The molecule has 1 aromatic carbocycles. The summed E-state index contributed by atoms with van der Waals surface area (Å²) >= 11 is 0. The molecule has 11 heteroatoms. The third kappa shape index (κ3) is 8.64. The average molecular weight is 481 g/mol. The Hall–Kier alpha value is -3.18. The molecule has 0 saturated carbocycles. The number of aromatic hydroxyl groups is 1. The Labute approximate surface area is 199 Å². The van der Waals surface area contributed by atoms with E-state index in [-0.39, 0.29) is 18.1 Å². The average Bonchev–Trinajstić information content (AvgIpc) is 2.79. The van der Waals surface area contributed by atoms with Crippen LogP contribution in [0.15, 0.2) is 24.3 Å². The Morgan fingerprint density at radius 1 is 0.912 bits per heavy atom. The number of carboxylic acids is 1. The highest BCUT2D eigenvalue weighted by Crippen LogP contribution is 2.12. The molecule has 1 aromatic rings. The van der Waals surface area contributed by atoms with Gasteiger partial charge in [-0.05, 0) is 29.5 Å². The number of aliphatic hydroxyl groups is 1. The Balaban J connectivity index is 3.05. The molecule has 0 heterocycles. The fourth-order valence-corrected chi connectivity index (χ4v) is 3.09. The third-order valence-electron chi connectivity index (χ3n) is 5.61. The minimum absolute atomic E-state index is 0.0224. The van der Waals surface area contributed by atoms with E-state index in [1.165, 1.54) is 12.1 Å². The highest BCUT2D eigenvalue weighted by atomic mass is 16.4. The van der Waals surface area contributed by atoms with Crippen LogP contribution in [0.1, 0.15) is 39.7 Å². The van der Waals surface area contributed by atoms with Gasteiger partial charge in [0.05, 0.1) is 12.6 Å². The van der Waals surface area contributed by atoms with Crippen molar-refractivity contribution in [2.75, 3.05) is 6.61 Å². The first kappa shape index (κ1) is 28.9. The van der Waals surface area contributed by atoms with E-state index in [1.807, 2.05) is 6.92 Å². The monoisotopic (exact) mass is 480 g/mol. The largest absolute Gasteiger partial charge is 0.508 e. The van der Waals surface area contributed by atoms with Gasteiger partial charge in [-0.2, -0.15) is 0 Å². The molecular formula is C23H36N4O7. The number of rotatable bonds is 13. The molecule has 0 bridgehead atoms. The molecule has 5 unspecified atom stereocenters. The highest BCUT2D eigenvalue weighted by Gasteiger charge is 2.31.